The van der Waals surface area contributed by atoms with Crippen LogP contribution in [0.2, 0.25) is 0 Å². The Kier molecular flexibility index (Phi) is 4.37. The highest BCUT2D eigenvalue weighted by Crippen LogP contribution is 2.26. The van der Waals surface area contributed by atoms with Crippen LogP contribution in [0.15, 0.2) is 12.1 Å². The summed E-state index contributed by atoms with van der Waals surface area (Å²) in [4.78, 5) is 18.6. The van der Waals surface area contributed by atoms with Crippen molar-refractivity contribution in [2.45, 2.75) is 32.2 Å². The van der Waals surface area contributed by atoms with Gasteiger partial charge >= 0.3 is 0 Å². The van der Waals surface area contributed by atoms with E-state index in [1.807, 2.05) is 6.92 Å². The molecule has 19 heavy (non-hydrogen) atoms. The number of carbonyl (C=O) groups excluding carboxylic acids is 1. The Balaban J connectivity index is 2.22. The molecule has 1 aromatic rings. The van der Waals surface area contributed by atoms with Crippen LogP contribution in [0.25, 0.3) is 0 Å². The van der Waals surface area contributed by atoms with Crippen LogP contribution in [0.1, 0.15) is 35.3 Å². The van der Waals surface area contributed by atoms with Crippen LogP contribution in [0.4, 0.5) is 5.82 Å². The largest absolute Gasteiger partial charge is 0.395 e. The third-order valence-corrected chi connectivity index (χ3v) is 3.57. The summed E-state index contributed by atoms with van der Waals surface area (Å²) in [5.74, 6) is 0.682. The Morgan fingerprint density at radius 2 is 2.26 bits per heavy atom. The Morgan fingerprint density at radius 1 is 1.53 bits per heavy atom. The Bertz CT molecular complexity index is 458. The van der Waals surface area contributed by atoms with Gasteiger partial charge in [0.1, 0.15) is 5.82 Å². The van der Waals surface area contributed by atoms with Gasteiger partial charge in [-0.1, -0.05) is 0 Å². The highest BCUT2D eigenvalue weighted by atomic mass is 16.3. The summed E-state index contributed by atoms with van der Waals surface area (Å²) in [5.41, 5.74) is 1.45. The summed E-state index contributed by atoms with van der Waals surface area (Å²) in [5, 5.41) is 12.1. The fraction of sp³-hybridized carbons (Fsp3) is 0.571. The number of aromatic nitrogens is 1. The third-order valence-electron chi connectivity index (χ3n) is 3.57. The maximum Gasteiger partial charge on any atom is 0.254 e. The van der Waals surface area contributed by atoms with Crippen LogP contribution in [0, 0.1) is 6.92 Å². The van der Waals surface area contributed by atoms with Gasteiger partial charge in [0.2, 0.25) is 0 Å². The summed E-state index contributed by atoms with van der Waals surface area (Å²) in [6.07, 6.45) is 3.24. The molecule has 0 radical (unpaired) electrons. The molecule has 2 N–H and O–H groups in total. The van der Waals surface area contributed by atoms with E-state index in [1.54, 1.807) is 24.1 Å². The second-order valence-electron chi connectivity index (χ2n) is 4.94. The molecule has 1 heterocycles. The molecular formula is C14H21N3O2. The summed E-state index contributed by atoms with van der Waals surface area (Å²) in [6, 6.07) is 3.84. The first-order chi connectivity index (χ1) is 9.15. The van der Waals surface area contributed by atoms with Crippen LogP contribution in [0.3, 0.4) is 0 Å². The van der Waals surface area contributed by atoms with Crippen molar-refractivity contribution >= 4 is 11.7 Å². The van der Waals surface area contributed by atoms with Gasteiger partial charge in [-0.25, -0.2) is 4.98 Å². The Labute approximate surface area is 113 Å². The molecule has 1 aromatic heterocycles. The van der Waals surface area contributed by atoms with Gasteiger partial charge in [0.25, 0.3) is 5.91 Å². The quantitative estimate of drug-likeness (QED) is 0.843. The number of carbonyl (C=O) groups is 1. The van der Waals surface area contributed by atoms with E-state index in [4.69, 9.17) is 5.11 Å². The van der Waals surface area contributed by atoms with Crippen molar-refractivity contribution in [2.75, 3.05) is 25.5 Å². The molecular weight excluding hydrogens is 242 g/mol. The highest BCUT2D eigenvalue weighted by molar-refractivity contribution is 5.95. The molecule has 1 saturated carbocycles. The minimum absolute atomic E-state index is 0.00515. The van der Waals surface area contributed by atoms with Crippen LogP contribution in [-0.2, 0) is 0 Å². The summed E-state index contributed by atoms with van der Waals surface area (Å²) < 4.78 is 0. The number of nitrogens with one attached hydrogen (secondary N) is 1. The van der Waals surface area contributed by atoms with E-state index >= 15 is 0 Å². The van der Waals surface area contributed by atoms with Crippen molar-refractivity contribution in [3.63, 3.8) is 0 Å². The average Bonchev–Trinajstić information content (AvgIpc) is 2.34. The number of aryl methyl sites for hydroxylation is 1. The molecule has 0 saturated heterocycles. The Morgan fingerprint density at radius 3 is 2.79 bits per heavy atom. The number of amides is 1. The number of hydrogen-bond donors (Lipinski definition) is 2. The van der Waals surface area contributed by atoms with Crippen molar-refractivity contribution in [1.29, 1.82) is 0 Å². The van der Waals surface area contributed by atoms with Gasteiger partial charge in [-0.3, -0.25) is 4.79 Å². The van der Waals surface area contributed by atoms with Crippen LogP contribution in [-0.4, -0.2) is 47.1 Å². The lowest BCUT2D eigenvalue weighted by Gasteiger charge is -2.37. The van der Waals surface area contributed by atoms with Crippen molar-refractivity contribution < 1.29 is 9.90 Å². The molecule has 0 atom stereocenters. The van der Waals surface area contributed by atoms with E-state index in [2.05, 4.69) is 10.3 Å². The van der Waals surface area contributed by atoms with Gasteiger partial charge in [0, 0.05) is 30.9 Å². The SMILES string of the molecule is CNc1cc(C(=O)N(CCO)C2CCC2)cc(C)n1. The summed E-state index contributed by atoms with van der Waals surface area (Å²) in [6.45, 7) is 2.28. The van der Waals surface area contributed by atoms with Gasteiger partial charge in [-0.05, 0) is 38.3 Å². The lowest BCUT2D eigenvalue weighted by atomic mass is 9.91. The fourth-order valence-electron chi connectivity index (χ4n) is 2.34. The molecule has 0 spiro atoms. The molecule has 104 valence electrons. The molecule has 1 aliphatic carbocycles. The van der Waals surface area contributed by atoms with E-state index in [9.17, 15) is 4.79 Å². The van der Waals surface area contributed by atoms with E-state index in [-0.39, 0.29) is 18.6 Å². The zero-order chi connectivity index (χ0) is 13.8. The topological polar surface area (TPSA) is 65.5 Å². The molecule has 2 rings (SSSR count). The standard InChI is InChI=1S/C14H21N3O2/c1-10-8-11(9-13(15-2)16-10)14(19)17(6-7-18)12-4-3-5-12/h8-9,12,18H,3-7H2,1-2H3,(H,15,16). The number of aliphatic hydroxyl groups excluding tert-OH is 1. The average molecular weight is 263 g/mol. The number of anilines is 1. The molecule has 5 nitrogen and oxygen atoms in total. The molecule has 0 unspecified atom stereocenters. The van der Waals surface area contributed by atoms with Gasteiger partial charge in [0.15, 0.2) is 0 Å². The van der Waals surface area contributed by atoms with E-state index in [0.29, 0.717) is 17.9 Å². The summed E-state index contributed by atoms with van der Waals surface area (Å²) in [7, 11) is 1.79. The van der Waals surface area contributed by atoms with Gasteiger partial charge in [-0.2, -0.15) is 0 Å². The smallest absolute Gasteiger partial charge is 0.254 e. The molecule has 0 aliphatic heterocycles. The van der Waals surface area contributed by atoms with E-state index in [1.165, 1.54) is 0 Å². The number of hydrogen-bond acceptors (Lipinski definition) is 4. The summed E-state index contributed by atoms with van der Waals surface area (Å²) >= 11 is 0. The third kappa shape index (κ3) is 3.04. The first-order valence-electron chi connectivity index (χ1n) is 6.74. The first-order valence-corrected chi connectivity index (χ1v) is 6.74. The maximum absolute atomic E-state index is 12.5. The lowest BCUT2D eigenvalue weighted by molar-refractivity contribution is 0.0525. The van der Waals surface area contributed by atoms with Gasteiger partial charge < -0.3 is 15.3 Å². The predicted molar refractivity (Wildman–Crippen MR) is 74.3 cm³/mol. The van der Waals surface area contributed by atoms with E-state index in [0.717, 1.165) is 25.0 Å². The van der Waals surface area contributed by atoms with E-state index < -0.39 is 0 Å². The number of pyridine rings is 1. The van der Waals surface area contributed by atoms with Crippen molar-refractivity contribution in [2.24, 2.45) is 0 Å². The predicted octanol–water partition coefficient (Wildman–Crippen LogP) is 1.42. The van der Waals surface area contributed by atoms with Gasteiger partial charge in [-0.15, -0.1) is 0 Å². The molecule has 1 amide bonds. The van der Waals surface area contributed by atoms with Crippen LogP contribution in [0.5, 0.6) is 0 Å². The van der Waals surface area contributed by atoms with Crippen molar-refractivity contribution in [3.05, 3.63) is 23.4 Å². The fourth-order valence-corrected chi connectivity index (χ4v) is 2.34. The molecule has 1 fully saturated rings. The normalized spacial score (nSPS) is 14.9. The second kappa shape index (κ2) is 6.02. The Hall–Kier alpha value is -1.62. The molecule has 5 heteroatoms. The number of rotatable bonds is 5. The maximum atomic E-state index is 12.5. The highest BCUT2D eigenvalue weighted by Gasteiger charge is 2.29. The molecule has 0 aromatic carbocycles. The van der Waals surface area contributed by atoms with Crippen LogP contribution < -0.4 is 5.32 Å². The zero-order valence-corrected chi connectivity index (χ0v) is 11.5. The van der Waals surface area contributed by atoms with Gasteiger partial charge in [0.05, 0.1) is 6.61 Å². The van der Waals surface area contributed by atoms with Crippen molar-refractivity contribution in [1.82, 2.24) is 9.88 Å². The lowest BCUT2D eigenvalue weighted by Crippen LogP contribution is -2.45. The molecule has 1 aliphatic rings. The number of aliphatic hydroxyl groups is 1. The minimum Gasteiger partial charge on any atom is -0.395 e. The second-order valence-corrected chi connectivity index (χ2v) is 4.94. The minimum atomic E-state index is -0.0132. The first kappa shape index (κ1) is 13.8. The van der Waals surface area contributed by atoms with Crippen molar-refractivity contribution in [3.8, 4) is 0 Å². The zero-order valence-electron chi connectivity index (χ0n) is 11.5. The number of nitrogens with zero attached hydrogens (tertiary/aromatic N) is 2. The molecule has 0 bridgehead atoms. The van der Waals surface area contributed by atoms with Crippen LogP contribution >= 0.6 is 0 Å². The monoisotopic (exact) mass is 263 g/mol.